The standard InChI is InChI=1S/C25H24Cl2FN3O2/c1-33-24-3-2-19(28)12-21(24)23(32)10-16-13-30-14-22(15-8-17(26)11-18(27)9-15)25(16)31-6-4-20(29)5-7-31/h2-3,8-9,11-14,20H,4-7,10,29H2,1H3. The van der Waals surface area contributed by atoms with Crippen molar-refractivity contribution in [1.82, 2.24) is 4.98 Å². The molecule has 1 aliphatic rings. The third-order valence-corrected chi connectivity index (χ3v) is 6.27. The van der Waals surface area contributed by atoms with Gasteiger partial charge in [-0.1, -0.05) is 23.2 Å². The summed E-state index contributed by atoms with van der Waals surface area (Å²) in [4.78, 5) is 19.9. The summed E-state index contributed by atoms with van der Waals surface area (Å²) in [6.07, 6.45) is 5.14. The number of ether oxygens (including phenoxy) is 1. The second-order valence-electron chi connectivity index (χ2n) is 8.12. The van der Waals surface area contributed by atoms with Gasteiger partial charge in [0.15, 0.2) is 5.78 Å². The van der Waals surface area contributed by atoms with Crippen LogP contribution in [0.4, 0.5) is 10.1 Å². The van der Waals surface area contributed by atoms with Crippen molar-refractivity contribution in [2.75, 3.05) is 25.1 Å². The van der Waals surface area contributed by atoms with Crippen molar-refractivity contribution in [3.05, 3.63) is 75.8 Å². The highest BCUT2D eigenvalue weighted by Gasteiger charge is 2.25. The number of halogens is 3. The van der Waals surface area contributed by atoms with E-state index in [2.05, 4.69) is 9.88 Å². The predicted molar refractivity (Wildman–Crippen MR) is 130 cm³/mol. The predicted octanol–water partition coefficient (Wildman–Crippen LogP) is 5.56. The minimum atomic E-state index is -0.496. The Morgan fingerprint density at radius 3 is 2.52 bits per heavy atom. The van der Waals surface area contributed by atoms with Crippen molar-refractivity contribution in [2.45, 2.75) is 25.3 Å². The van der Waals surface area contributed by atoms with E-state index < -0.39 is 5.82 Å². The maximum Gasteiger partial charge on any atom is 0.171 e. The highest BCUT2D eigenvalue weighted by Crippen LogP contribution is 2.38. The fraction of sp³-hybridized carbons (Fsp3) is 0.280. The van der Waals surface area contributed by atoms with Crippen LogP contribution in [0.5, 0.6) is 5.75 Å². The van der Waals surface area contributed by atoms with E-state index >= 15 is 0 Å². The summed E-state index contributed by atoms with van der Waals surface area (Å²) in [6.45, 7) is 1.49. The summed E-state index contributed by atoms with van der Waals surface area (Å²) in [7, 11) is 1.46. The lowest BCUT2D eigenvalue weighted by atomic mass is 9.95. The molecular weight excluding hydrogens is 464 g/mol. The summed E-state index contributed by atoms with van der Waals surface area (Å²) in [5.41, 5.74) is 9.58. The second-order valence-corrected chi connectivity index (χ2v) is 8.99. The number of nitrogens with zero attached hydrogens (tertiary/aromatic N) is 2. The number of hydrogen-bond acceptors (Lipinski definition) is 5. The topological polar surface area (TPSA) is 68.5 Å². The van der Waals surface area contributed by atoms with Crippen LogP contribution in [0.25, 0.3) is 11.1 Å². The Morgan fingerprint density at radius 1 is 1.15 bits per heavy atom. The van der Waals surface area contributed by atoms with E-state index in [1.807, 2.05) is 12.1 Å². The minimum Gasteiger partial charge on any atom is -0.496 e. The number of ketones is 1. The van der Waals surface area contributed by atoms with Crippen LogP contribution in [-0.4, -0.2) is 37.0 Å². The van der Waals surface area contributed by atoms with Crippen LogP contribution in [-0.2, 0) is 6.42 Å². The number of aromatic nitrogens is 1. The molecule has 0 aliphatic carbocycles. The Bertz CT molecular complexity index is 1160. The van der Waals surface area contributed by atoms with E-state index in [0.717, 1.165) is 48.3 Å². The molecule has 172 valence electrons. The zero-order valence-electron chi connectivity index (χ0n) is 18.2. The molecule has 2 heterocycles. The number of carbonyl (C=O) groups excluding carboxylic acids is 1. The zero-order chi connectivity index (χ0) is 23.5. The second kappa shape index (κ2) is 10.1. The van der Waals surface area contributed by atoms with E-state index in [9.17, 15) is 9.18 Å². The molecule has 1 aliphatic heterocycles. The van der Waals surface area contributed by atoms with Crippen molar-refractivity contribution >= 4 is 34.7 Å². The fourth-order valence-corrected chi connectivity index (χ4v) is 4.74. The molecule has 0 bridgehead atoms. The van der Waals surface area contributed by atoms with E-state index in [4.69, 9.17) is 33.7 Å². The van der Waals surface area contributed by atoms with E-state index in [1.165, 1.54) is 25.3 Å². The van der Waals surface area contributed by atoms with Crippen LogP contribution in [0.3, 0.4) is 0 Å². The molecule has 2 N–H and O–H groups in total. The van der Waals surface area contributed by atoms with Gasteiger partial charge in [-0.15, -0.1) is 0 Å². The van der Waals surface area contributed by atoms with Gasteiger partial charge in [0.25, 0.3) is 0 Å². The van der Waals surface area contributed by atoms with Crippen LogP contribution in [0, 0.1) is 5.82 Å². The summed E-state index contributed by atoms with van der Waals surface area (Å²) < 4.78 is 19.2. The molecular formula is C25H24Cl2FN3O2. The fourth-order valence-electron chi connectivity index (χ4n) is 4.21. The van der Waals surface area contributed by atoms with Crippen LogP contribution in [0.15, 0.2) is 48.8 Å². The van der Waals surface area contributed by atoms with Gasteiger partial charge in [0.2, 0.25) is 0 Å². The highest BCUT2D eigenvalue weighted by molar-refractivity contribution is 6.35. The average Bonchev–Trinajstić information content (AvgIpc) is 2.79. The first-order chi connectivity index (χ1) is 15.9. The number of carbonyl (C=O) groups is 1. The molecule has 4 rings (SSSR count). The van der Waals surface area contributed by atoms with Crippen LogP contribution >= 0.6 is 23.2 Å². The van der Waals surface area contributed by atoms with E-state index in [0.29, 0.717) is 15.8 Å². The third-order valence-electron chi connectivity index (χ3n) is 5.84. The van der Waals surface area contributed by atoms with Crippen molar-refractivity contribution in [1.29, 1.82) is 0 Å². The molecule has 0 unspecified atom stereocenters. The van der Waals surface area contributed by atoms with Gasteiger partial charge in [0.05, 0.1) is 18.4 Å². The number of Topliss-reactive ketones (excluding diaryl/α,β-unsaturated/α-hetero) is 1. The van der Waals surface area contributed by atoms with Gasteiger partial charge in [-0.05, 0) is 54.8 Å². The molecule has 1 aromatic heterocycles. The van der Waals surface area contributed by atoms with Gasteiger partial charge < -0.3 is 15.4 Å². The molecule has 0 spiro atoms. The molecule has 33 heavy (non-hydrogen) atoms. The largest absolute Gasteiger partial charge is 0.496 e. The maximum absolute atomic E-state index is 13.9. The number of pyridine rings is 1. The molecule has 1 saturated heterocycles. The molecule has 0 radical (unpaired) electrons. The Kier molecular flexibility index (Phi) is 7.17. The number of anilines is 1. The number of piperidine rings is 1. The van der Waals surface area contributed by atoms with Gasteiger partial charge in [0, 0.05) is 59.1 Å². The average molecular weight is 488 g/mol. The molecule has 5 nitrogen and oxygen atoms in total. The number of nitrogens with two attached hydrogens (primary N) is 1. The van der Waals surface area contributed by atoms with Crippen molar-refractivity contribution < 1.29 is 13.9 Å². The first kappa shape index (κ1) is 23.5. The Hall–Kier alpha value is -2.67. The van der Waals surface area contributed by atoms with Crippen molar-refractivity contribution in [3.63, 3.8) is 0 Å². The number of hydrogen-bond donors (Lipinski definition) is 1. The van der Waals surface area contributed by atoms with Crippen LogP contribution in [0.2, 0.25) is 10.0 Å². The highest BCUT2D eigenvalue weighted by atomic mass is 35.5. The smallest absolute Gasteiger partial charge is 0.171 e. The molecule has 3 aromatic rings. The lowest BCUT2D eigenvalue weighted by Crippen LogP contribution is -2.40. The summed E-state index contributed by atoms with van der Waals surface area (Å²) in [5, 5.41) is 1.02. The molecule has 0 saturated carbocycles. The summed E-state index contributed by atoms with van der Waals surface area (Å²) in [5.74, 6) is -0.424. The number of methoxy groups -OCH3 is 1. The van der Waals surface area contributed by atoms with Gasteiger partial charge in [-0.2, -0.15) is 0 Å². The van der Waals surface area contributed by atoms with Crippen LogP contribution in [0.1, 0.15) is 28.8 Å². The number of benzene rings is 2. The first-order valence-electron chi connectivity index (χ1n) is 10.7. The SMILES string of the molecule is COc1ccc(F)cc1C(=O)Cc1cncc(-c2cc(Cl)cc(Cl)c2)c1N1CCC(N)CC1. The van der Waals surface area contributed by atoms with E-state index in [-0.39, 0.29) is 23.8 Å². The van der Waals surface area contributed by atoms with Gasteiger partial charge in [0.1, 0.15) is 11.6 Å². The molecule has 2 aromatic carbocycles. The lowest BCUT2D eigenvalue weighted by Gasteiger charge is -2.34. The van der Waals surface area contributed by atoms with Gasteiger partial charge >= 0.3 is 0 Å². The molecule has 8 heteroatoms. The monoisotopic (exact) mass is 487 g/mol. The maximum atomic E-state index is 13.9. The Balaban J connectivity index is 1.79. The Morgan fingerprint density at radius 2 is 1.85 bits per heavy atom. The summed E-state index contributed by atoms with van der Waals surface area (Å²) in [6, 6.07) is 9.39. The van der Waals surface area contributed by atoms with Crippen LogP contribution < -0.4 is 15.4 Å². The first-order valence-corrected chi connectivity index (χ1v) is 11.4. The normalized spacial score (nSPS) is 14.4. The molecule has 0 amide bonds. The van der Waals surface area contributed by atoms with Crippen molar-refractivity contribution in [3.8, 4) is 16.9 Å². The third kappa shape index (κ3) is 5.29. The van der Waals surface area contributed by atoms with Gasteiger partial charge in [-0.25, -0.2) is 4.39 Å². The quantitative estimate of drug-likeness (QED) is 0.461. The lowest BCUT2D eigenvalue weighted by molar-refractivity contribution is 0.0989. The Labute approximate surface area is 202 Å². The molecule has 0 atom stereocenters. The van der Waals surface area contributed by atoms with E-state index in [1.54, 1.807) is 18.5 Å². The zero-order valence-corrected chi connectivity index (χ0v) is 19.7. The molecule has 1 fully saturated rings. The minimum absolute atomic E-state index is 0.0346. The van der Waals surface area contributed by atoms with Crippen molar-refractivity contribution in [2.24, 2.45) is 5.73 Å². The van der Waals surface area contributed by atoms with Gasteiger partial charge in [-0.3, -0.25) is 9.78 Å². The number of rotatable bonds is 6. The summed E-state index contributed by atoms with van der Waals surface area (Å²) >= 11 is 12.5.